The van der Waals surface area contributed by atoms with Gasteiger partial charge in [-0.25, -0.2) is 0 Å². The molecule has 7 heteroatoms. The van der Waals surface area contributed by atoms with E-state index in [9.17, 15) is 14.4 Å². The summed E-state index contributed by atoms with van der Waals surface area (Å²) >= 11 is 0. The minimum absolute atomic E-state index is 0.110. The van der Waals surface area contributed by atoms with Crippen LogP contribution in [0.15, 0.2) is 0 Å². The first-order valence-corrected chi connectivity index (χ1v) is 8.15. The van der Waals surface area contributed by atoms with Gasteiger partial charge < -0.3 is 20.3 Å². The Hall–Kier alpha value is -1.63. The highest BCUT2D eigenvalue weighted by molar-refractivity contribution is 5.87. The lowest BCUT2D eigenvalue weighted by atomic mass is 10.1. The molecule has 1 aliphatic rings. The maximum Gasteiger partial charge on any atom is 0.311 e. The molecule has 1 fully saturated rings. The Balaban J connectivity index is 2.52. The number of hydrogen-bond donors (Lipinski definition) is 2. The number of rotatable bonds is 6. The number of amides is 2. The summed E-state index contributed by atoms with van der Waals surface area (Å²) in [7, 11) is 0. The third kappa shape index (κ3) is 5.82. The first-order chi connectivity index (χ1) is 10.6. The molecule has 2 amide bonds. The Morgan fingerprint density at radius 1 is 1.17 bits per heavy atom. The second kappa shape index (κ2) is 8.29. The summed E-state index contributed by atoms with van der Waals surface area (Å²) in [6.07, 6.45) is 0. The van der Waals surface area contributed by atoms with Crippen LogP contribution in [0.2, 0.25) is 0 Å². The molecule has 0 aromatic rings. The SMILES string of the molecule is CC(C)C(=O)NCC(C)C(=O)OC(C)(C)C(=O)N1CCNCC1. The zero-order valence-corrected chi connectivity index (χ0v) is 14.8. The smallest absolute Gasteiger partial charge is 0.311 e. The van der Waals surface area contributed by atoms with Crippen LogP contribution in [0.1, 0.15) is 34.6 Å². The number of carbonyl (C=O) groups is 3. The summed E-state index contributed by atoms with van der Waals surface area (Å²) in [5, 5.41) is 5.87. The fourth-order valence-electron chi connectivity index (χ4n) is 2.19. The molecule has 1 heterocycles. The third-order valence-corrected chi connectivity index (χ3v) is 3.78. The summed E-state index contributed by atoms with van der Waals surface area (Å²) in [6.45, 7) is 11.4. The number of nitrogens with one attached hydrogen (secondary N) is 2. The van der Waals surface area contributed by atoms with Crippen molar-refractivity contribution in [3.8, 4) is 0 Å². The van der Waals surface area contributed by atoms with Crippen LogP contribution in [-0.4, -0.2) is 61.0 Å². The molecule has 1 rings (SSSR count). The number of piperazine rings is 1. The van der Waals surface area contributed by atoms with Crippen molar-refractivity contribution in [3.05, 3.63) is 0 Å². The molecule has 2 N–H and O–H groups in total. The van der Waals surface area contributed by atoms with Crippen molar-refractivity contribution >= 4 is 17.8 Å². The van der Waals surface area contributed by atoms with E-state index in [1.807, 2.05) is 0 Å². The highest BCUT2D eigenvalue weighted by Crippen LogP contribution is 2.16. The number of nitrogens with zero attached hydrogens (tertiary/aromatic N) is 1. The second-order valence-corrected chi connectivity index (χ2v) is 6.77. The lowest BCUT2D eigenvalue weighted by Crippen LogP contribution is -2.54. The van der Waals surface area contributed by atoms with Crippen LogP contribution in [0, 0.1) is 11.8 Å². The topological polar surface area (TPSA) is 87.7 Å². The zero-order valence-electron chi connectivity index (χ0n) is 14.8. The molecule has 7 nitrogen and oxygen atoms in total. The van der Waals surface area contributed by atoms with Gasteiger partial charge in [-0.1, -0.05) is 20.8 Å². The van der Waals surface area contributed by atoms with Crippen molar-refractivity contribution in [2.24, 2.45) is 11.8 Å². The van der Waals surface area contributed by atoms with Gasteiger partial charge in [-0.3, -0.25) is 14.4 Å². The first-order valence-electron chi connectivity index (χ1n) is 8.15. The standard InChI is InChI=1S/C16H29N3O4/c1-11(2)13(20)18-10-12(3)14(21)23-16(4,5)15(22)19-8-6-17-7-9-19/h11-12,17H,6-10H2,1-5H3,(H,18,20). The number of carbonyl (C=O) groups excluding carboxylic acids is 3. The molecule has 0 saturated carbocycles. The van der Waals surface area contributed by atoms with Gasteiger partial charge in [0.1, 0.15) is 0 Å². The lowest BCUT2D eigenvalue weighted by Gasteiger charge is -2.34. The molecule has 1 saturated heterocycles. The van der Waals surface area contributed by atoms with Crippen molar-refractivity contribution in [1.82, 2.24) is 15.5 Å². The zero-order chi connectivity index (χ0) is 17.6. The van der Waals surface area contributed by atoms with Crippen molar-refractivity contribution < 1.29 is 19.1 Å². The van der Waals surface area contributed by atoms with E-state index in [0.717, 1.165) is 13.1 Å². The highest BCUT2D eigenvalue weighted by atomic mass is 16.6. The van der Waals surface area contributed by atoms with E-state index in [2.05, 4.69) is 10.6 Å². The van der Waals surface area contributed by atoms with Gasteiger partial charge in [0.05, 0.1) is 5.92 Å². The maximum absolute atomic E-state index is 12.5. The van der Waals surface area contributed by atoms with Gasteiger partial charge in [0.15, 0.2) is 5.60 Å². The Morgan fingerprint density at radius 2 is 1.74 bits per heavy atom. The van der Waals surface area contributed by atoms with E-state index >= 15 is 0 Å². The quantitative estimate of drug-likeness (QED) is 0.678. The average Bonchev–Trinajstić information content (AvgIpc) is 2.51. The summed E-state index contributed by atoms with van der Waals surface area (Å²) in [5.41, 5.74) is -1.20. The van der Waals surface area contributed by atoms with E-state index in [0.29, 0.717) is 13.1 Å². The van der Waals surface area contributed by atoms with E-state index in [1.165, 1.54) is 0 Å². The normalized spacial score (nSPS) is 16.9. The molecule has 1 aliphatic heterocycles. The average molecular weight is 327 g/mol. The molecule has 0 spiro atoms. The molecule has 0 aliphatic carbocycles. The Bertz CT molecular complexity index is 443. The van der Waals surface area contributed by atoms with Crippen LogP contribution in [0.5, 0.6) is 0 Å². The molecule has 132 valence electrons. The van der Waals surface area contributed by atoms with Crippen LogP contribution in [0.4, 0.5) is 0 Å². The van der Waals surface area contributed by atoms with Gasteiger partial charge in [-0.2, -0.15) is 0 Å². The lowest BCUT2D eigenvalue weighted by molar-refractivity contribution is -0.173. The molecule has 0 radical (unpaired) electrons. The predicted octanol–water partition coefficient (Wildman–Crippen LogP) is 0.148. The maximum atomic E-state index is 12.5. The summed E-state index contributed by atoms with van der Waals surface area (Å²) in [5.74, 6) is -1.43. The monoisotopic (exact) mass is 327 g/mol. The Labute approximate surface area is 138 Å². The number of hydrogen-bond acceptors (Lipinski definition) is 5. The predicted molar refractivity (Wildman–Crippen MR) is 86.6 cm³/mol. The molecule has 0 aromatic heterocycles. The highest BCUT2D eigenvalue weighted by Gasteiger charge is 2.37. The summed E-state index contributed by atoms with van der Waals surface area (Å²) in [6, 6.07) is 0. The Morgan fingerprint density at radius 3 is 2.26 bits per heavy atom. The largest absolute Gasteiger partial charge is 0.449 e. The van der Waals surface area contributed by atoms with Crippen molar-refractivity contribution in [3.63, 3.8) is 0 Å². The van der Waals surface area contributed by atoms with E-state index in [4.69, 9.17) is 4.74 Å². The van der Waals surface area contributed by atoms with Crippen LogP contribution in [0.3, 0.4) is 0 Å². The van der Waals surface area contributed by atoms with Gasteiger partial charge in [0.25, 0.3) is 5.91 Å². The Kier molecular flexibility index (Phi) is 7.00. The molecule has 23 heavy (non-hydrogen) atoms. The number of esters is 1. The van der Waals surface area contributed by atoms with Crippen LogP contribution >= 0.6 is 0 Å². The molecule has 0 bridgehead atoms. The van der Waals surface area contributed by atoms with Crippen molar-refractivity contribution in [2.45, 2.75) is 40.2 Å². The molecule has 1 atom stereocenters. The van der Waals surface area contributed by atoms with E-state index < -0.39 is 17.5 Å². The second-order valence-electron chi connectivity index (χ2n) is 6.77. The van der Waals surface area contributed by atoms with E-state index in [1.54, 1.807) is 39.5 Å². The van der Waals surface area contributed by atoms with Crippen molar-refractivity contribution in [1.29, 1.82) is 0 Å². The fraction of sp³-hybridized carbons (Fsp3) is 0.812. The van der Waals surface area contributed by atoms with Crippen molar-refractivity contribution in [2.75, 3.05) is 32.7 Å². The van der Waals surface area contributed by atoms with E-state index in [-0.39, 0.29) is 24.3 Å². The van der Waals surface area contributed by atoms with Crippen LogP contribution < -0.4 is 10.6 Å². The van der Waals surface area contributed by atoms with Crippen LogP contribution in [-0.2, 0) is 19.1 Å². The molecular weight excluding hydrogens is 298 g/mol. The molecule has 1 unspecified atom stereocenters. The molecular formula is C16H29N3O4. The molecule has 0 aromatic carbocycles. The first kappa shape index (κ1) is 19.4. The number of ether oxygens (including phenoxy) is 1. The van der Waals surface area contributed by atoms with Gasteiger partial charge in [0, 0.05) is 38.6 Å². The summed E-state index contributed by atoms with van der Waals surface area (Å²) < 4.78 is 5.41. The van der Waals surface area contributed by atoms with Gasteiger partial charge in [-0.05, 0) is 13.8 Å². The minimum atomic E-state index is -1.20. The fourth-order valence-corrected chi connectivity index (χ4v) is 2.19. The third-order valence-electron chi connectivity index (χ3n) is 3.78. The summed E-state index contributed by atoms with van der Waals surface area (Å²) in [4.78, 5) is 37.9. The van der Waals surface area contributed by atoms with Gasteiger partial charge >= 0.3 is 5.97 Å². The van der Waals surface area contributed by atoms with Gasteiger partial charge in [0.2, 0.25) is 5.91 Å². The minimum Gasteiger partial charge on any atom is -0.449 e. The van der Waals surface area contributed by atoms with Crippen LogP contribution in [0.25, 0.3) is 0 Å². The van der Waals surface area contributed by atoms with Gasteiger partial charge in [-0.15, -0.1) is 0 Å².